The van der Waals surface area contributed by atoms with E-state index >= 15 is 0 Å². The van der Waals surface area contributed by atoms with Crippen molar-refractivity contribution in [1.82, 2.24) is 5.32 Å². The molecule has 4 N–H and O–H groups in total. The molecule has 1 aliphatic carbocycles. The van der Waals surface area contributed by atoms with Crippen molar-refractivity contribution in [2.24, 2.45) is 5.92 Å². The Morgan fingerprint density at radius 3 is 3.00 bits per heavy atom. The summed E-state index contributed by atoms with van der Waals surface area (Å²) in [7, 11) is 0. The van der Waals surface area contributed by atoms with Gasteiger partial charge in [0.15, 0.2) is 0 Å². The van der Waals surface area contributed by atoms with Gasteiger partial charge in [0.25, 0.3) is 5.91 Å². The van der Waals surface area contributed by atoms with E-state index < -0.39 is 0 Å². The second-order valence-corrected chi connectivity index (χ2v) is 5.03. The van der Waals surface area contributed by atoms with Crippen LogP contribution >= 0.6 is 0 Å². The molecule has 0 aromatic heterocycles. The highest BCUT2D eigenvalue weighted by Gasteiger charge is 2.28. The molecule has 1 fully saturated rings. The first-order valence-electron chi connectivity index (χ1n) is 6.39. The molecule has 1 saturated carbocycles. The van der Waals surface area contributed by atoms with E-state index in [1.165, 1.54) is 0 Å². The number of nitrogen functional groups attached to an aromatic ring is 1. The number of hydrogen-bond acceptors (Lipinski definition) is 3. The average Bonchev–Trinajstić information content (AvgIpc) is 2.79. The van der Waals surface area contributed by atoms with E-state index in [1.807, 2.05) is 13.0 Å². The Kier molecular flexibility index (Phi) is 3.87. The van der Waals surface area contributed by atoms with Crippen LogP contribution in [-0.2, 0) is 0 Å². The fourth-order valence-corrected chi connectivity index (χ4v) is 2.58. The summed E-state index contributed by atoms with van der Waals surface area (Å²) in [5, 5.41) is 12.3. The minimum Gasteiger partial charge on any atom is -0.399 e. The first kappa shape index (κ1) is 12.9. The molecule has 4 nitrogen and oxygen atoms in total. The number of nitrogens with one attached hydrogen (secondary N) is 1. The molecule has 18 heavy (non-hydrogen) atoms. The summed E-state index contributed by atoms with van der Waals surface area (Å²) in [6, 6.07) is 5.43. The molecule has 2 rings (SSSR count). The summed E-state index contributed by atoms with van der Waals surface area (Å²) in [5.74, 6) is 0.0977. The largest absolute Gasteiger partial charge is 0.399 e. The third-order valence-corrected chi connectivity index (χ3v) is 3.72. The van der Waals surface area contributed by atoms with E-state index in [9.17, 15) is 9.90 Å². The van der Waals surface area contributed by atoms with Gasteiger partial charge in [-0.05, 0) is 37.5 Å². The van der Waals surface area contributed by atoms with E-state index in [0.717, 1.165) is 24.8 Å². The lowest BCUT2D eigenvalue weighted by molar-refractivity contribution is 0.0915. The number of carbonyl (C=O) groups is 1. The number of rotatable bonds is 3. The van der Waals surface area contributed by atoms with Crippen LogP contribution in [0.2, 0.25) is 0 Å². The van der Waals surface area contributed by atoms with Crippen molar-refractivity contribution in [2.45, 2.75) is 32.2 Å². The lowest BCUT2D eigenvalue weighted by Gasteiger charge is -2.19. The number of nitrogens with two attached hydrogens (primary N) is 1. The number of aryl methyl sites for hydroxylation is 1. The molecule has 0 spiro atoms. The van der Waals surface area contributed by atoms with Crippen LogP contribution in [0.25, 0.3) is 0 Å². The minimum absolute atomic E-state index is 0.0864. The summed E-state index contributed by atoms with van der Waals surface area (Å²) in [4.78, 5) is 12.2. The molecule has 1 amide bonds. The molecule has 2 unspecified atom stereocenters. The smallest absolute Gasteiger partial charge is 0.251 e. The van der Waals surface area contributed by atoms with Gasteiger partial charge in [-0.3, -0.25) is 4.79 Å². The van der Waals surface area contributed by atoms with Crippen LogP contribution < -0.4 is 11.1 Å². The van der Waals surface area contributed by atoms with Crippen LogP contribution in [0, 0.1) is 12.8 Å². The van der Waals surface area contributed by atoms with Crippen LogP contribution in [0.5, 0.6) is 0 Å². The predicted molar refractivity (Wildman–Crippen MR) is 71.3 cm³/mol. The summed E-state index contributed by atoms with van der Waals surface area (Å²) >= 11 is 0. The maximum Gasteiger partial charge on any atom is 0.251 e. The van der Waals surface area contributed by atoms with Gasteiger partial charge in [0.05, 0.1) is 0 Å². The number of amides is 1. The fourth-order valence-electron chi connectivity index (χ4n) is 2.58. The molecule has 1 aromatic carbocycles. The van der Waals surface area contributed by atoms with Crippen LogP contribution in [0.3, 0.4) is 0 Å². The van der Waals surface area contributed by atoms with Gasteiger partial charge in [-0.1, -0.05) is 12.5 Å². The van der Waals surface area contributed by atoms with Crippen LogP contribution in [0.4, 0.5) is 5.69 Å². The number of benzene rings is 1. The quantitative estimate of drug-likeness (QED) is 0.709. The van der Waals surface area contributed by atoms with Gasteiger partial charge < -0.3 is 16.2 Å². The van der Waals surface area contributed by atoms with E-state index in [4.69, 9.17) is 5.73 Å². The standard InChI is InChI=1S/C14H20N2O2/c1-9-5-6-11(15)7-12(9)14(18)16-13-4-2-3-10(13)8-17/h5-7,10,13,17H,2-4,8,15H2,1H3,(H,16,18). The Hall–Kier alpha value is -1.55. The first-order chi connectivity index (χ1) is 8.61. The molecule has 2 atom stereocenters. The highest BCUT2D eigenvalue weighted by Crippen LogP contribution is 2.25. The Balaban J connectivity index is 2.09. The molecular formula is C14H20N2O2. The molecule has 98 valence electrons. The van der Waals surface area contributed by atoms with E-state index in [0.29, 0.717) is 11.3 Å². The predicted octanol–water partition coefficient (Wildman–Crippen LogP) is 1.47. The lowest BCUT2D eigenvalue weighted by atomic mass is 10.0. The monoisotopic (exact) mass is 248 g/mol. The number of aliphatic hydroxyl groups is 1. The van der Waals surface area contributed by atoms with Crippen molar-refractivity contribution >= 4 is 11.6 Å². The van der Waals surface area contributed by atoms with Crippen molar-refractivity contribution in [3.63, 3.8) is 0 Å². The summed E-state index contributed by atoms with van der Waals surface area (Å²) in [5.41, 5.74) is 7.84. The summed E-state index contributed by atoms with van der Waals surface area (Å²) in [6.07, 6.45) is 2.99. The Morgan fingerprint density at radius 2 is 2.28 bits per heavy atom. The van der Waals surface area contributed by atoms with Crippen molar-refractivity contribution < 1.29 is 9.90 Å². The van der Waals surface area contributed by atoms with Gasteiger partial charge in [0.1, 0.15) is 0 Å². The zero-order chi connectivity index (χ0) is 13.1. The number of aliphatic hydroxyl groups excluding tert-OH is 1. The first-order valence-corrected chi connectivity index (χ1v) is 6.39. The second-order valence-electron chi connectivity index (χ2n) is 5.03. The molecule has 0 aliphatic heterocycles. The van der Waals surface area contributed by atoms with Crippen LogP contribution in [-0.4, -0.2) is 23.7 Å². The third kappa shape index (κ3) is 2.64. The second kappa shape index (κ2) is 5.40. The van der Waals surface area contributed by atoms with Crippen molar-refractivity contribution in [2.75, 3.05) is 12.3 Å². The summed E-state index contributed by atoms with van der Waals surface area (Å²) in [6.45, 7) is 2.04. The van der Waals surface area contributed by atoms with Gasteiger partial charge in [0.2, 0.25) is 0 Å². The normalized spacial score (nSPS) is 23.0. The van der Waals surface area contributed by atoms with E-state index in [-0.39, 0.29) is 24.5 Å². The topological polar surface area (TPSA) is 75.4 Å². The Bertz CT molecular complexity index is 445. The van der Waals surface area contributed by atoms with Crippen molar-refractivity contribution in [1.29, 1.82) is 0 Å². The van der Waals surface area contributed by atoms with Crippen LogP contribution in [0.15, 0.2) is 18.2 Å². The maximum absolute atomic E-state index is 12.2. The van der Waals surface area contributed by atoms with Crippen molar-refractivity contribution in [3.8, 4) is 0 Å². The van der Waals surface area contributed by atoms with Gasteiger partial charge in [0, 0.05) is 29.8 Å². The summed E-state index contributed by atoms with van der Waals surface area (Å²) < 4.78 is 0. The van der Waals surface area contributed by atoms with Crippen LogP contribution in [0.1, 0.15) is 35.2 Å². The molecule has 0 heterocycles. The number of carbonyl (C=O) groups excluding carboxylic acids is 1. The maximum atomic E-state index is 12.2. The average molecular weight is 248 g/mol. The van der Waals surface area contributed by atoms with Crippen molar-refractivity contribution in [3.05, 3.63) is 29.3 Å². The zero-order valence-electron chi connectivity index (χ0n) is 10.6. The molecule has 0 radical (unpaired) electrons. The molecular weight excluding hydrogens is 228 g/mol. The van der Waals surface area contributed by atoms with E-state index in [1.54, 1.807) is 12.1 Å². The van der Waals surface area contributed by atoms with E-state index in [2.05, 4.69) is 5.32 Å². The van der Waals surface area contributed by atoms with Gasteiger partial charge >= 0.3 is 0 Å². The van der Waals surface area contributed by atoms with Gasteiger partial charge in [-0.25, -0.2) is 0 Å². The third-order valence-electron chi connectivity index (χ3n) is 3.72. The molecule has 0 bridgehead atoms. The van der Waals surface area contributed by atoms with Gasteiger partial charge in [-0.2, -0.15) is 0 Å². The fraction of sp³-hybridized carbons (Fsp3) is 0.500. The lowest BCUT2D eigenvalue weighted by Crippen LogP contribution is -2.38. The molecule has 1 aromatic rings. The highest BCUT2D eigenvalue weighted by molar-refractivity contribution is 5.96. The Labute approximate surface area is 107 Å². The molecule has 4 heteroatoms. The molecule has 1 aliphatic rings. The van der Waals surface area contributed by atoms with Gasteiger partial charge in [-0.15, -0.1) is 0 Å². The zero-order valence-corrected chi connectivity index (χ0v) is 10.6. The SMILES string of the molecule is Cc1ccc(N)cc1C(=O)NC1CCCC1CO. The Morgan fingerprint density at radius 1 is 1.50 bits per heavy atom. The molecule has 0 saturated heterocycles. The number of anilines is 1. The highest BCUT2D eigenvalue weighted by atomic mass is 16.3. The number of hydrogen-bond donors (Lipinski definition) is 3. The minimum atomic E-state index is -0.0925.